The number of hydrogen-bond donors (Lipinski definition) is 0. The Balaban J connectivity index is 3.07. The van der Waals surface area contributed by atoms with Crippen molar-refractivity contribution in [2.45, 2.75) is 0 Å². The zero-order valence-electron chi connectivity index (χ0n) is 7.58. The van der Waals surface area contributed by atoms with Gasteiger partial charge in [-0.05, 0) is 28.8 Å². The van der Waals surface area contributed by atoms with Crippen molar-refractivity contribution in [2.24, 2.45) is 0 Å². The number of benzene rings is 1. The predicted molar refractivity (Wildman–Crippen MR) is 57.5 cm³/mol. The Kier molecular flexibility index (Phi) is 3.83. The van der Waals surface area contributed by atoms with E-state index < -0.39 is 0 Å². The molecule has 1 rings (SSSR count). The normalized spacial score (nSPS) is 10.4. The van der Waals surface area contributed by atoms with Crippen LogP contribution in [0.3, 0.4) is 0 Å². The average molecular weight is 243 g/mol. The summed E-state index contributed by atoms with van der Waals surface area (Å²) in [6.45, 7) is 0. The van der Waals surface area contributed by atoms with Crippen LogP contribution in [-0.2, 0) is 0 Å². The lowest BCUT2D eigenvalue weighted by molar-refractivity contribution is 0.394. The molecule has 0 aliphatic heterocycles. The summed E-state index contributed by atoms with van der Waals surface area (Å²) in [5.41, 5.74) is 1.04. The Labute approximate surface area is 86.3 Å². The van der Waals surface area contributed by atoms with Gasteiger partial charge in [-0.25, -0.2) is 0 Å². The molecule has 0 heterocycles. The SMILES string of the molecule is COc1cc(/C=C/Br)cc(OC)c1. The van der Waals surface area contributed by atoms with Gasteiger partial charge in [-0.3, -0.25) is 0 Å². The molecule has 13 heavy (non-hydrogen) atoms. The highest BCUT2D eigenvalue weighted by Crippen LogP contribution is 2.23. The Morgan fingerprint density at radius 3 is 2.00 bits per heavy atom. The van der Waals surface area contributed by atoms with Crippen molar-refractivity contribution < 1.29 is 9.47 Å². The quantitative estimate of drug-likeness (QED) is 0.812. The Morgan fingerprint density at radius 1 is 1.08 bits per heavy atom. The first-order valence-electron chi connectivity index (χ1n) is 3.80. The number of hydrogen-bond acceptors (Lipinski definition) is 2. The molecule has 0 spiro atoms. The fourth-order valence-corrected chi connectivity index (χ4v) is 1.30. The lowest BCUT2D eigenvalue weighted by Crippen LogP contribution is -1.87. The third-order valence-electron chi connectivity index (χ3n) is 1.63. The minimum absolute atomic E-state index is 0.792. The second-order valence-electron chi connectivity index (χ2n) is 2.44. The molecule has 0 atom stereocenters. The highest BCUT2D eigenvalue weighted by Gasteiger charge is 1.98. The molecule has 3 heteroatoms. The molecule has 0 N–H and O–H groups in total. The lowest BCUT2D eigenvalue weighted by atomic mass is 10.2. The molecule has 0 saturated carbocycles. The zero-order chi connectivity index (χ0) is 9.68. The highest BCUT2D eigenvalue weighted by molar-refractivity contribution is 9.11. The van der Waals surface area contributed by atoms with E-state index in [4.69, 9.17) is 9.47 Å². The van der Waals surface area contributed by atoms with Gasteiger partial charge in [0.15, 0.2) is 0 Å². The number of ether oxygens (including phenoxy) is 2. The van der Waals surface area contributed by atoms with Crippen LogP contribution in [0.5, 0.6) is 11.5 Å². The topological polar surface area (TPSA) is 18.5 Å². The van der Waals surface area contributed by atoms with Gasteiger partial charge in [-0.15, -0.1) is 0 Å². The molecule has 0 bridgehead atoms. The summed E-state index contributed by atoms with van der Waals surface area (Å²) in [4.78, 5) is 1.79. The van der Waals surface area contributed by atoms with Crippen LogP contribution in [0.25, 0.3) is 6.08 Å². The third kappa shape index (κ3) is 2.77. The minimum Gasteiger partial charge on any atom is -0.497 e. The van der Waals surface area contributed by atoms with E-state index in [1.807, 2.05) is 24.3 Å². The van der Waals surface area contributed by atoms with Gasteiger partial charge in [-0.2, -0.15) is 0 Å². The molecule has 2 nitrogen and oxygen atoms in total. The lowest BCUT2D eigenvalue weighted by Gasteiger charge is -2.05. The van der Waals surface area contributed by atoms with Gasteiger partial charge in [0, 0.05) is 6.07 Å². The maximum Gasteiger partial charge on any atom is 0.123 e. The van der Waals surface area contributed by atoms with Gasteiger partial charge >= 0.3 is 0 Å². The van der Waals surface area contributed by atoms with E-state index in [1.165, 1.54) is 0 Å². The summed E-state index contributed by atoms with van der Waals surface area (Å²) in [5, 5.41) is 0. The largest absolute Gasteiger partial charge is 0.497 e. The predicted octanol–water partition coefficient (Wildman–Crippen LogP) is 3.07. The molecule has 70 valence electrons. The van der Waals surface area contributed by atoms with Crippen molar-refractivity contribution in [2.75, 3.05) is 14.2 Å². The van der Waals surface area contributed by atoms with Crippen LogP contribution in [-0.4, -0.2) is 14.2 Å². The van der Waals surface area contributed by atoms with Crippen molar-refractivity contribution in [1.82, 2.24) is 0 Å². The van der Waals surface area contributed by atoms with E-state index in [0.717, 1.165) is 17.1 Å². The van der Waals surface area contributed by atoms with Gasteiger partial charge in [0.25, 0.3) is 0 Å². The van der Waals surface area contributed by atoms with Crippen LogP contribution in [0.1, 0.15) is 5.56 Å². The summed E-state index contributed by atoms with van der Waals surface area (Å²) in [6.07, 6.45) is 1.92. The molecule has 0 aromatic heterocycles. The van der Waals surface area contributed by atoms with Gasteiger partial charge in [0.2, 0.25) is 0 Å². The van der Waals surface area contributed by atoms with E-state index in [9.17, 15) is 0 Å². The van der Waals surface area contributed by atoms with Crippen LogP contribution in [0.4, 0.5) is 0 Å². The van der Waals surface area contributed by atoms with Crippen LogP contribution >= 0.6 is 15.9 Å². The van der Waals surface area contributed by atoms with Gasteiger partial charge in [-0.1, -0.05) is 15.9 Å². The Hall–Kier alpha value is -0.960. The number of methoxy groups -OCH3 is 2. The number of rotatable bonds is 3. The molecular weight excluding hydrogens is 232 g/mol. The molecule has 0 saturated heterocycles. The summed E-state index contributed by atoms with van der Waals surface area (Å²) in [7, 11) is 3.27. The second-order valence-corrected chi connectivity index (χ2v) is 2.97. The first-order valence-corrected chi connectivity index (χ1v) is 4.71. The van der Waals surface area contributed by atoms with Crippen molar-refractivity contribution >= 4 is 22.0 Å². The number of halogens is 1. The van der Waals surface area contributed by atoms with Crippen LogP contribution < -0.4 is 9.47 Å². The molecule has 0 fully saturated rings. The average Bonchev–Trinajstić information content (AvgIpc) is 2.17. The molecule has 0 aliphatic rings. The molecule has 1 aromatic carbocycles. The molecule has 0 unspecified atom stereocenters. The Bertz CT molecular complexity index is 286. The maximum absolute atomic E-state index is 5.11. The van der Waals surface area contributed by atoms with Crippen LogP contribution in [0.2, 0.25) is 0 Å². The molecular formula is C10H11BrO2. The summed E-state index contributed by atoms with van der Waals surface area (Å²) >= 11 is 3.22. The Morgan fingerprint density at radius 2 is 1.62 bits per heavy atom. The molecule has 0 radical (unpaired) electrons. The van der Waals surface area contributed by atoms with E-state index >= 15 is 0 Å². The van der Waals surface area contributed by atoms with Crippen LogP contribution in [0.15, 0.2) is 23.2 Å². The molecule has 1 aromatic rings. The zero-order valence-corrected chi connectivity index (χ0v) is 9.17. The fraction of sp³-hybridized carbons (Fsp3) is 0.200. The maximum atomic E-state index is 5.11. The third-order valence-corrected chi connectivity index (χ3v) is 1.89. The molecule has 0 amide bonds. The highest BCUT2D eigenvalue weighted by atomic mass is 79.9. The summed E-state index contributed by atoms with van der Waals surface area (Å²) in [5.74, 6) is 1.58. The van der Waals surface area contributed by atoms with E-state index in [-0.39, 0.29) is 0 Å². The van der Waals surface area contributed by atoms with Crippen molar-refractivity contribution in [3.63, 3.8) is 0 Å². The fourth-order valence-electron chi connectivity index (χ4n) is 0.998. The molecule has 0 aliphatic carbocycles. The van der Waals surface area contributed by atoms with Crippen molar-refractivity contribution in [1.29, 1.82) is 0 Å². The van der Waals surface area contributed by atoms with Crippen molar-refractivity contribution in [3.05, 3.63) is 28.7 Å². The van der Waals surface area contributed by atoms with Gasteiger partial charge in [0.05, 0.1) is 14.2 Å². The second kappa shape index (κ2) is 4.92. The first-order chi connectivity index (χ1) is 6.30. The van der Waals surface area contributed by atoms with Crippen molar-refractivity contribution in [3.8, 4) is 11.5 Å². The minimum atomic E-state index is 0.792. The van der Waals surface area contributed by atoms with Gasteiger partial charge < -0.3 is 9.47 Å². The van der Waals surface area contributed by atoms with Gasteiger partial charge in [0.1, 0.15) is 11.5 Å². The monoisotopic (exact) mass is 242 g/mol. The first kappa shape index (κ1) is 10.1. The van der Waals surface area contributed by atoms with E-state index in [1.54, 1.807) is 19.2 Å². The summed E-state index contributed by atoms with van der Waals surface area (Å²) < 4.78 is 10.2. The van der Waals surface area contributed by atoms with Crippen LogP contribution in [0, 0.1) is 0 Å². The van der Waals surface area contributed by atoms with E-state index in [0.29, 0.717) is 0 Å². The summed E-state index contributed by atoms with van der Waals surface area (Å²) in [6, 6.07) is 5.70. The standard InChI is InChI=1S/C10H11BrO2/c1-12-9-5-8(3-4-11)6-10(7-9)13-2/h3-7H,1-2H3/b4-3+. The van der Waals surface area contributed by atoms with E-state index in [2.05, 4.69) is 15.9 Å². The smallest absolute Gasteiger partial charge is 0.123 e.